The fraction of sp³-hybridized carbons (Fsp3) is 0.333. The summed E-state index contributed by atoms with van der Waals surface area (Å²) in [5.74, 6) is 0.400. The van der Waals surface area contributed by atoms with Crippen molar-refractivity contribution in [1.29, 1.82) is 0 Å². The average molecular weight is 445 g/mol. The predicted octanol–water partition coefficient (Wildman–Crippen LogP) is 3.15. The van der Waals surface area contributed by atoms with Crippen LogP contribution in [0, 0.1) is 0 Å². The van der Waals surface area contributed by atoms with Crippen LogP contribution in [0.4, 0.5) is 5.69 Å². The second kappa shape index (κ2) is 8.81. The zero-order chi connectivity index (χ0) is 21.1. The quantitative estimate of drug-likeness (QED) is 0.608. The number of likely N-dealkylation sites (tertiary alicyclic amines) is 1. The number of thiazole rings is 1. The Kier molecular flexibility index (Phi) is 6.14. The molecule has 1 aliphatic heterocycles. The molecule has 3 aromatic rings. The number of amides is 1. The van der Waals surface area contributed by atoms with E-state index < -0.39 is 10.0 Å². The SMILES string of the molecule is NS(=O)(=O)c1ccc(NC(=O)CCN2CCC(c3nc4ccccc4s3)CC2)cc1. The van der Waals surface area contributed by atoms with Crippen LogP contribution in [0.3, 0.4) is 0 Å². The third kappa shape index (κ3) is 5.04. The molecule has 1 fully saturated rings. The fourth-order valence-electron chi connectivity index (χ4n) is 3.68. The Morgan fingerprint density at radius 3 is 2.50 bits per heavy atom. The van der Waals surface area contributed by atoms with Crippen molar-refractivity contribution in [2.45, 2.75) is 30.1 Å². The number of primary sulfonamides is 1. The van der Waals surface area contributed by atoms with E-state index in [4.69, 9.17) is 10.1 Å². The van der Waals surface area contributed by atoms with Crippen LogP contribution in [0.5, 0.6) is 0 Å². The van der Waals surface area contributed by atoms with Crippen LogP contribution in [0.15, 0.2) is 53.4 Å². The summed E-state index contributed by atoms with van der Waals surface area (Å²) < 4.78 is 23.8. The molecule has 1 aliphatic rings. The minimum absolute atomic E-state index is 0.0245. The molecule has 7 nitrogen and oxygen atoms in total. The maximum Gasteiger partial charge on any atom is 0.238 e. The summed E-state index contributed by atoms with van der Waals surface area (Å²) in [6.45, 7) is 2.61. The van der Waals surface area contributed by atoms with Gasteiger partial charge in [-0.15, -0.1) is 11.3 Å². The van der Waals surface area contributed by atoms with E-state index in [0.717, 1.165) is 31.4 Å². The number of carbonyl (C=O) groups is 1. The Balaban J connectivity index is 1.24. The first-order valence-corrected chi connectivity index (χ1v) is 12.3. The van der Waals surface area contributed by atoms with Crippen molar-refractivity contribution >= 4 is 43.2 Å². The minimum Gasteiger partial charge on any atom is -0.326 e. The monoisotopic (exact) mass is 444 g/mol. The standard InChI is InChI=1S/C21H24N4O3S2/c22-30(27,28)17-7-5-16(6-8-17)23-20(26)11-14-25-12-9-15(10-13-25)21-24-18-3-1-2-4-19(18)29-21/h1-8,15H,9-14H2,(H,23,26)(H2,22,27,28). The lowest BCUT2D eigenvalue weighted by molar-refractivity contribution is -0.116. The highest BCUT2D eigenvalue weighted by Crippen LogP contribution is 2.33. The van der Waals surface area contributed by atoms with Gasteiger partial charge in [0.1, 0.15) is 0 Å². The summed E-state index contributed by atoms with van der Waals surface area (Å²) in [6, 6.07) is 14.1. The molecular formula is C21H24N4O3S2. The number of carbonyl (C=O) groups excluding carboxylic acids is 1. The lowest BCUT2D eigenvalue weighted by Crippen LogP contribution is -2.35. The van der Waals surface area contributed by atoms with Crippen LogP contribution in [-0.4, -0.2) is 43.8 Å². The lowest BCUT2D eigenvalue weighted by Gasteiger charge is -2.30. The zero-order valence-corrected chi connectivity index (χ0v) is 18.1. The van der Waals surface area contributed by atoms with Crippen LogP contribution < -0.4 is 10.5 Å². The van der Waals surface area contributed by atoms with Crippen LogP contribution in [0.1, 0.15) is 30.2 Å². The van der Waals surface area contributed by atoms with Gasteiger partial charge in [-0.2, -0.15) is 0 Å². The minimum atomic E-state index is -3.73. The lowest BCUT2D eigenvalue weighted by atomic mass is 9.97. The number of rotatable bonds is 6. The number of nitrogens with one attached hydrogen (secondary N) is 1. The molecule has 1 aromatic heterocycles. The third-order valence-corrected chi connectivity index (χ3v) is 7.50. The second-order valence-electron chi connectivity index (χ2n) is 7.50. The first-order chi connectivity index (χ1) is 14.4. The van der Waals surface area contributed by atoms with Gasteiger partial charge in [0.15, 0.2) is 0 Å². The van der Waals surface area contributed by atoms with Crippen LogP contribution >= 0.6 is 11.3 Å². The number of anilines is 1. The van der Waals surface area contributed by atoms with Crippen molar-refractivity contribution in [1.82, 2.24) is 9.88 Å². The summed E-state index contributed by atoms with van der Waals surface area (Å²) in [7, 11) is -3.73. The Bertz CT molecular complexity index is 1100. The van der Waals surface area contributed by atoms with Gasteiger partial charge in [0.2, 0.25) is 15.9 Å². The van der Waals surface area contributed by atoms with Gasteiger partial charge < -0.3 is 10.2 Å². The van der Waals surface area contributed by atoms with Gasteiger partial charge in [-0.05, 0) is 62.3 Å². The van der Waals surface area contributed by atoms with E-state index >= 15 is 0 Å². The zero-order valence-electron chi connectivity index (χ0n) is 16.5. The largest absolute Gasteiger partial charge is 0.326 e. The third-order valence-electron chi connectivity index (χ3n) is 5.37. The first kappa shape index (κ1) is 20.9. The molecule has 4 rings (SSSR count). The van der Waals surface area contributed by atoms with Crippen molar-refractivity contribution in [2.24, 2.45) is 5.14 Å². The maximum absolute atomic E-state index is 12.2. The number of aromatic nitrogens is 1. The highest BCUT2D eigenvalue weighted by Gasteiger charge is 2.23. The van der Waals surface area contributed by atoms with Crippen molar-refractivity contribution in [3.8, 4) is 0 Å². The van der Waals surface area contributed by atoms with Gasteiger partial charge >= 0.3 is 0 Å². The summed E-state index contributed by atoms with van der Waals surface area (Å²) >= 11 is 1.79. The van der Waals surface area contributed by atoms with E-state index in [2.05, 4.69) is 22.3 Å². The normalized spacial score (nSPS) is 16.0. The van der Waals surface area contributed by atoms with Gasteiger partial charge in [0.05, 0.1) is 20.1 Å². The van der Waals surface area contributed by atoms with E-state index in [1.54, 1.807) is 23.5 Å². The average Bonchev–Trinajstić information content (AvgIpc) is 3.17. The van der Waals surface area contributed by atoms with E-state index in [1.165, 1.54) is 21.8 Å². The Morgan fingerprint density at radius 1 is 1.13 bits per heavy atom. The van der Waals surface area contributed by atoms with Crippen LogP contribution in [0.2, 0.25) is 0 Å². The summed E-state index contributed by atoms with van der Waals surface area (Å²) in [4.78, 5) is 19.4. The van der Waals surface area contributed by atoms with Gasteiger partial charge in [0, 0.05) is 24.6 Å². The molecule has 0 unspecified atom stereocenters. The van der Waals surface area contributed by atoms with E-state index in [1.807, 2.05) is 12.1 Å². The maximum atomic E-state index is 12.2. The van der Waals surface area contributed by atoms with Crippen molar-refractivity contribution in [2.75, 3.05) is 25.0 Å². The number of piperidine rings is 1. The smallest absolute Gasteiger partial charge is 0.238 e. The number of para-hydroxylation sites is 1. The molecule has 30 heavy (non-hydrogen) atoms. The molecule has 158 valence electrons. The molecule has 0 spiro atoms. The number of nitrogens with zero attached hydrogens (tertiary/aromatic N) is 2. The number of hydrogen-bond donors (Lipinski definition) is 2. The Morgan fingerprint density at radius 2 is 1.83 bits per heavy atom. The molecule has 0 aliphatic carbocycles. The molecule has 0 radical (unpaired) electrons. The molecule has 9 heteroatoms. The van der Waals surface area contributed by atoms with E-state index in [9.17, 15) is 13.2 Å². The second-order valence-corrected chi connectivity index (χ2v) is 10.1. The Hall–Kier alpha value is -2.33. The molecule has 2 aromatic carbocycles. The van der Waals surface area contributed by atoms with Crippen molar-refractivity contribution < 1.29 is 13.2 Å². The molecule has 2 heterocycles. The van der Waals surface area contributed by atoms with Gasteiger partial charge in [0.25, 0.3) is 0 Å². The molecule has 3 N–H and O–H groups in total. The van der Waals surface area contributed by atoms with E-state index in [-0.39, 0.29) is 10.8 Å². The number of sulfonamides is 1. The Labute approximate surface area is 180 Å². The molecule has 0 saturated carbocycles. The first-order valence-electron chi connectivity index (χ1n) is 9.89. The van der Waals surface area contributed by atoms with Crippen molar-refractivity contribution in [3.63, 3.8) is 0 Å². The number of hydrogen-bond acceptors (Lipinski definition) is 6. The molecular weight excluding hydrogens is 420 g/mol. The van der Waals surface area contributed by atoms with Gasteiger partial charge in [-0.1, -0.05) is 12.1 Å². The topological polar surface area (TPSA) is 105 Å². The number of benzene rings is 2. The summed E-state index contributed by atoms with van der Waals surface area (Å²) in [5.41, 5.74) is 1.63. The highest BCUT2D eigenvalue weighted by atomic mass is 32.2. The fourth-order valence-corrected chi connectivity index (χ4v) is 5.33. The van der Waals surface area contributed by atoms with E-state index in [0.29, 0.717) is 24.6 Å². The van der Waals surface area contributed by atoms with Crippen LogP contribution in [-0.2, 0) is 14.8 Å². The predicted molar refractivity (Wildman–Crippen MR) is 119 cm³/mol. The van der Waals surface area contributed by atoms with Gasteiger partial charge in [-0.3, -0.25) is 4.79 Å². The summed E-state index contributed by atoms with van der Waals surface area (Å²) in [6.07, 6.45) is 2.50. The molecule has 1 amide bonds. The van der Waals surface area contributed by atoms with Gasteiger partial charge in [-0.25, -0.2) is 18.5 Å². The number of nitrogens with two attached hydrogens (primary N) is 1. The molecule has 0 atom stereocenters. The number of fused-ring (bicyclic) bond motifs is 1. The van der Waals surface area contributed by atoms with Crippen LogP contribution in [0.25, 0.3) is 10.2 Å². The summed E-state index contributed by atoms with van der Waals surface area (Å²) in [5, 5.41) is 9.10. The van der Waals surface area contributed by atoms with Crippen molar-refractivity contribution in [3.05, 3.63) is 53.5 Å². The highest BCUT2D eigenvalue weighted by molar-refractivity contribution is 7.89. The molecule has 1 saturated heterocycles. The molecule has 0 bridgehead atoms.